The zero-order valence-electron chi connectivity index (χ0n) is 12.9. The molecule has 6 nitrogen and oxygen atoms in total. The minimum absolute atomic E-state index is 0.153. The number of imidazole rings is 1. The van der Waals surface area contributed by atoms with Gasteiger partial charge >= 0.3 is 0 Å². The van der Waals surface area contributed by atoms with Crippen LogP contribution in [0.1, 0.15) is 15.9 Å². The average molecular weight is 311 g/mol. The van der Waals surface area contributed by atoms with E-state index in [-0.39, 0.29) is 5.91 Å². The molecule has 6 heteroatoms. The Morgan fingerprint density at radius 1 is 1.17 bits per heavy atom. The van der Waals surface area contributed by atoms with E-state index in [4.69, 9.17) is 9.47 Å². The SMILES string of the molecule is COc1ccc(CNC(=O)c2ccc3nc[nH]c3c2)c(OC)c1. The molecule has 1 amide bonds. The Balaban J connectivity index is 1.73. The second-order valence-electron chi connectivity index (χ2n) is 4.99. The van der Waals surface area contributed by atoms with Gasteiger partial charge in [0, 0.05) is 23.7 Å². The summed E-state index contributed by atoms with van der Waals surface area (Å²) in [5, 5.41) is 2.89. The molecule has 0 fully saturated rings. The zero-order chi connectivity index (χ0) is 16.2. The van der Waals surface area contributed by atoms with Crippen LogP contribution in [0, 0.1) is 0 Å². The lowest BCUT2D eigenvalue weighted by molar-refractivity contribution is 0.0951. The summed E-state index contributed by atoms with van der Waals surface area (Å²) in [4.78, 5) is 19.4. The van der Waals surface area contributed by atoms with Crippen molar-refractivity contribution in [1.29, 1.82) is 0 Å². The number of hydrogen-bond acceptors (Lipinski definition) is 4. The van der Waals surface area contributed by atoms with Crippen LogP contribution in [-0.2, 0) is 6.54 Å². The van der Waals surface area contributed by atoms with Crippen LogP contribution in [0.15, 0.2) is 42.7 Å². The number of carbonyl (C=O) groups is 1. The molecule has 0 aliphatic carbocycles. The van der Waals surface area contributed by atoms with Crippen LogP contribution in [0.25, 0.3) is 11.0 Å². The van der Waals surface area contributed by atoms with Crippen molar-refractivity contribution in [3.05, 3.63) is 53.9 Å². The molecule has 0 saturated heterocycles. The number of nitrogens with zero attached hydrogens (tertiary/aromatic N) is 1. The number of aromatic amines is 1. The number of methoxy groups -OCH3 is 2. The van der Waals surface area contributed by atoms with E-state index in [1.165, 1.54) is 0 Å². The highest BCUT2D eigenvalue weighted by Crippen LogP contribution is 2.24. The van der Waals surface area contributed by atoms with E-state index >= 15 is 0 Å². The number of aromatic nitrogens is 2. The van der Waals surface area contributed by atoms with E-state index in [2.05, 4.69) is 15.3 Å². The van der Waals surface area contributed by atoms with Crippen molar-refractivity contribution in [3.8, 4) is 11.5 Å². The monoisotopic (exact) mass is 311 g/mol. The first-order valence-electron chi connectivity index (χ1n) is 7.13. The van der Waals surface area contributed by atoms with Crippen LogP contribution >= 0.6 is 0 Å². The van der Waals surface area contributed by atoms with Gasteiger partial charge in [-0.3, -0.25) is 4.79 Å². The van der Waals surface area contributed by atoms with Gasteiger partial charge < -0.3 is 19.8 Å². The number of rotatable bonds is 5. The van der Waals surface area contributed by atoms with Crippen molar-refractivity contribution in [2.24, 2.45) is 0 Å². The summed E-state index contributed by atoms with van der Waals surface area (Å²) in [6.45, 7) is 0.368. The van der Waals surface area contributed by atoms with Crippen molar-refractivity contribution < 1.29 is 14.3 Å². The van der Waals surface area contributed by atoms with Gasteiger partial charge in [-0.2, -0.15) is 0 Å². The predicted octanol–water partition coefficient (Wildman–Crippen LogP) is 2.51. The average Bonchev–Trinajstić information content (AvgIpc) is 3.07. The van der Waals surface area contributed by atoms with Gasteiger partial charge in [0.25, 0.3) is 5.91 Å². The second-order valence-corrected chi connectivity index (χ2v) is 4.99. The van der Waals surface area contributed by atoms with E-state index in [0.717, 1.165) is 16.6 Å². The molecule has 1 heterocycles. The van der Waals surface area contributed by atoms with Crippen LogP contribution in [0.5, 0.6) is 11.5 Å². The topological polar surface area (TPSA) is 76.2 Å². The van der Waals surface area contributed by atoms with Crippen LogP contribution in [-0.4, -0.2) is 30.1 Å². The number of benzene rings is 2. The summed E-state index contributed by atoms with van der Waals surface area (Å²) >= 11 is 0. The van der Waals surface area contributed by atoms with E-state index in [1.54, 1.807) is 38.7 Å². The van der Waals surface area contributed by atoms with E-state index in [0.29, 0.717) is 23.6 Å². The molecule has 0 bridgehead atoms. The standard InChI is InChI=1S/C17H17N3O3/c1-22-13-5-3-12(16(8-13)23-2)9-18-17(21)11-4-6-14-15(7-11)20-10-19-14/h3-8,10H,9H2,1-2H3,(H,18,21)(H,19,20). The Labute approximate surface area is 133 Å². The highest BCUT2D eigenvalue weighted by molar-refractivity contribution is 5.97. The fourth-order valence-electron chi connectivity index (χ4n) is 2.35. The summed E-state index contributed by atoms with van der Waals surface area (Å²) in [5.41, 5.74) is 3.12. The zero-order valence-corrected chi connectivity index (χ0v) is 12.9. The Kier molecular flexibility index (Phi) is 4.14. The van der Waals surface area contributed by atoms with Gasteiger partial charge in [0.1, 0.15) is 11.5 Å². The van der Waals surface area contributed by atoms with Gasteiger partial charge in [-0.05, 0) is 30.3 Å². The Bertz CT molecular complexity index is 842. The molecule has 118 valence electrons. The van der Waals surface area contributed by atoms with Crippen molar-refractivity contribution >= 4 is 16.9 Å². The van der Waals surface area contributed by atoms with E-state index in [9.17, 15) is 4.79 Å². The first-order chi connectivity index (χ1) is 11.2. The lowest BCUT2D eigenvalue weighted by Crippen LogP contribution is -2.23. The van der Waals surface area contributed by atoms with Crippen molar-refractivity contribution in [3.63, 3.8) is 0 Å². The number of nitrogens with one attached hydrogen (secondary N) is 2. The third kappa shape index (κ3) is 3.11. The lowest BCUT2D eigenvalue weighted by atomic mass is 10.1. The molecule has 2 N–H and O–H groups in total. The Morgan fingerprint density at radius 3 is 2.83 bits per heavy atom. The summed E-state index contributed by atoms with van der Waals surface area (Å²) in [7, 11) is 3.19. The summed E-state index contributed by atoms with van der Waals surface area (Å²) in [6, 6.07) is 10.8. The highest BCUT2D eigenvalue weighted by atomic mass is 16.5. The lowest BCUT2D eigenvalue weighted by Gasteiger charge is -2.11. The van der Waals surface area contributed by atoms with Gasteiger partial charge in [0.2, 0.25) is 0 Å². The molecule has 0 radical (unpaired) electrons. The van der Waals surface area contributed by atoms with Crippen molar-refractivity contribution in [2.45, 2.75) is 6.54 Å². The largest absolute Gasteiger partial charge is 0.497 e. The fraction of sp³-hybridized carbons (Fsp3) is 0.176. The number of ether oxygens (including phenoxy) is 2. The van der Waals surface area contributed by atoms with Crippen LogP contribution in [0.4, 0.5) is 0 Å². The third-order valence-electron chi connectivity index (χ3n) is 3.62. The molecule has 0 aliphatic heterocycles. The normalized spacial score (nSPS) is 10.5. The molecule has 0 saturated carbocycles. The van der Waals surface area contributed by atoms with Crippen LogP contribution < -0.4 is 14.8 Å². The molecule has 1 aromatic heterocycles. The van der Waals surface area contributed by atoms with Gasteiger partial charge in [0.15, 0.2) is 0 Å². The van der Waals surface area contributed by atoms with Crippen molar-refractivity contribution in [2.75, 3.05) is 14.2 Å². The maximum Gasteiger partial charge on any atom is 0.251 e. The minimum atomic E-state index is -0.153. The van der Waals surface area contributed by atoms with Gasteiger partial charge in [-0.15, -0.1) is 0 Å². The van der Waals surface area contributed by atoms with Crippen molar-refractivity contribution in [1.82, 2.24) is 15.3 Å². The molecule has 0 atom stereocenters. The van der Waals surface area contributed by atoms with E-state index < -0.39 is 0 Å². The summed E-state index contributed by atoms with van der Waals surface area (Å²) in [6.07, 6.45) is 1.61. The second kappa shape index (κ2) is 6.39. The van der Waals surface area contributed by atoms with Gasteiger partial charge in [0.05, 0.1) is 31.6 Å². The summed E-state index contributed by atoms with van der Waals surface area (Å²) < 4.78 is 10.5. The molecule has 23 heavy (non-hydrogen) atoms. The van der Waals surface area contributed by atoms with E-state index in [1.807, 2.05) is 18.2 Å². The summed E-state index contributed by atoms with van der Waals surface area (Å²) in [5.74, 6) is 1.23. The smallest absolute Gasteiger partial charge is 0.251 e. The molecule has 0 unspecified atom stereocenters. The molecule has 3 aromatic rings. The minimum Gasteiger partial charge on any atom is -0.497 e. The third-order valence-corrected chi connectivity index (χ3v) is 3.62. The maximum absolute atomic E-state index is 12.3. The number of H-pyrrole nitrogens is 1. The molecule has 0 spiro atoms. The fourth-order valence-corrected chi connectivity index (χ4v) is 2.35. The van der Waals surface area contributed by atoms with Gasteiger partial charge in [-0.1, -0.05) is 0 Å². The molecule has 3 rings (SSSR count). The number of fused-ring (bicyclic) bond motifs is 1. The molecular weight excluding hydrogens is 294 g/mol. The van der Waals surface area contributed by atoms with Crippen LogP contribution in [0.3, 0.4) is 0 Å². The molecule has 0 aliphatic rings. The first-order valence-corrected chi connectivity index (χ1v) is 7.13. The Morgan fingerprint density at radius 2 is 2.04 bits per heavy atom. The quantitative estimate of drug-likeness (QED) is 0.759. The van der Waals surface area contributed by atoms with Gasteiger partial charge in [-0.25, -0.2) is 4.98 Å². The number of carbonyl (C=O) groups excluding carboxylic acids is 1. The number of amides is 1. The predicted molar refractivity (Wildman–Crippen MR) is 86.8 cm³/mol. The highest BCUT2D eigenvalue weighted by Gasteiger charge is 2.10. The molecular formula is C17H17N3O3. The molecule has 2 aromatic carbocycles. The van der Waals surface area contributed by atoms with Crippen LogP contribution in [0.2, 0.25) is 0 Å². The first kappa shape index (κ1) is 14.9. The maximum atomic E-state index is 12.3. The number of hydrogen-bond donors (Lipinski definition) is 2. The Hall–Kier alpha value is -3.02.